The van der Waals surface area contributed by atoms with Gasteiger partial charge >= 0.3 is 0 Å². The predicted molar refractivity (Wildman–Crippen MR) is 86.2 cm³/mol. The standard InChI is InChI=1S/C18H16N2O2/c1-12-5-3-8-17(13(12)2)20-18(22)15(11-19)9-14-6-4-7-16(21)10-14/h3-10,21H,1-2H3,(H,20,22)/b15-9-. The summed E-state index contributed by atoms with van der Waals surface area (Å²) in [7, 11) is 0. The molecule has 0 aliphatic rings. The van der Waals surface area contributed by atoms with Gasteiger partial charge in [-0.3, -0.25) is 4.79 Å². The predicted octanol–water partition coefficient (Wildman–Crippen LogP) is 3.55. The fourth-order valence-electron chi connectivity index (χ4n) is 2.01. The second-order valence-corrected chi connectivity index (χ2v) is 4.97. The van der Waals surface area contributed by atoms with Gasteiger partial charge in [-0.1, -0.05) is 24.3 Å². The van der Waals surface area contributed by atoms with E-state index >= 15 is 0 Å². The largest absolute Gasteiger partial charge is 0.508 e. The average molecular weight is 292 g/mol. The monoisotopic (exact) mass is 292 g/mol. The number of aryl methyl sites for hydroxylation is 1. The Morgan fingerprint density at radius 2 is 1.95 bits per heavy atom. The van der Waals surface area contributed by atoms with Crippen molar-refractivity contribution in [2.45, 2.75) is 13.8 Å². The highest BCUT2D eigenvalue weighted by Gasteiger charge is 2.11. The van der Waals surface area contributed by atoms with Crippen molar-refractivity contribution >= 4 is 17.7 Å². The molecular weight excluding hydrogens is 276 g/mol. The molecule has 0 aromatic heterocycles. The molecule has 0 unspecified atom stereocenters. The maximum absolute atomic E-state index is 12.2. The van der Waals surface area contributed by atoms with Crippen LogP contribution >= 0.6 is 0 Å². The number of nitrogens with one attached hydrogen (secondary N) is 1. The number of hydrogen-bond donors (Lipinski definition) is 2. The van der Waals surface area contributed by atoms with E-state index < -0.39 is 5.91 Å². The summed E-state index contributed by atoms with van der Waals surface area (Å²) in [6.07, 6.45) is 1.44. The summed E-state index contributed by atoms with van der Waals surface area (Å²) in [5.41, 5.74) is 3.28. The van der Waals surface area contributed by atoms with Crippen molar-refractivity contribution in [2.75, 3.05) is 5.32 Å². The molecule has 4 nitrogen and oxygen atoms in total. The van der Waals surface area contributed by atoms with Crippen LogP contribution in [-0.4, -0.2) is 11.0 Å². The molecule has 0 saturated carbocycles. The van der Waals surface area contributed by atoms with E-state index in [4.69, 9.17) is 0 Å². The van der Waals surface area contributed by atoms with E-state index in [1.807, 2.05) is 32.0 Å². The molecule has 0 saturated heterocycles. The molecular formula is C18H16N2O2. The lowest BCUT2D eigenvalue weighted by Gasteiger charge is -2.09. The maximum Gasteiger partial charge on any atom is 0.266 e. The van der Waals surface area contributed by atoms with E-state index in [0.29, 0.717) is 11.3 Å². The molecule has 1 amide bonds. The minimum Gasteiger partial charge on any atom is -0.508 e. The molecule has 2 aromatic carbocycles. The smallest absolute Gasteiger partial charge is 0.266 e. The molecule has 0 heterocycles. The van der Waals surface area contributed by atoms with Crippen molar-refractivity contribution in [2.24, 2.45) is 0 Å². The molecule has 0 atom stereocenters. The lowest BCUT2D eigenvalue weighted by Crippen LogP contribution is -2.14. The van der Waals surface area contributed by atoms with Crippen LogP contribution in [0.4, 0.5) is 5.69 Å². The number of hydrogen-bond acceptors (Lipinski definition) is 3. The van der Waals surface area contributed by atoms with Crippen molar-refractivity contribution < 1.29 is 9.90 Å². The Labute approximate surface area is 129 Å². The number of nitriles is 1. The topological polar surface area (TPSA) is 73.1 Å². The maximum atomic E-state index is 12.2. The zero-order valence-corrected chi connectivity index (χ0v) is 12.4. The molecule has 0 aliphatic heterocycles. The number of nitrogens with zero attached hydrogens (tertiary/aromatic N) is 1. The summed E-state index contributed by atoms with van der Waals surface area (Å²) in [6.45, 7) is 3.87. The van der Waals surface area contributed by atoms with E-state index in [9.17, 15) is 15.2 Å². The zero-order chi connectivity index (χ0) is 16.1. The Morgan fingerprint density at radius 3 is 2.64 bits per heavy atom. The summed E-state index contributed by atoms with van der Waals surface area (Å²) >= 11 is 0. The van der Waals surface area contributed by atoms with Crippen LogP contribution in [0.5, 0.6) is 5.75 Å². The first-order chi connectivity index (χ1) is 10.5. The van der Waals surface area contributed by atoms with Gasteiger partial charge < -0.3 is 10.4 Å². The van der Waals surface area contributed by atoms with Gasteiger partial charge in [-0.25, -0.2) is 0 Å². The van der Waals surface area contributed by atoms with Crippen LogP contribution in [0.25, 0.3) is 6.08 Å². The number of carbonyl (C=O) groups excluding carboxylic acids is 1. The number of rotatable bonds is 3. The third-order valence-corrected chi connectivity index (χ3v) is 3.40. The molecule has 4 heteroatoms. The van der Waals surface area contributed by atoms with Crippen molar-refractivity contribution in [3.8, 4) is 11.8 Å². The van der Waals surface area contributed by atoms with Crippen LogP contribution in [0.15, 0.2) is 48.0 Å². The van der Waals surface area contributed by atoms with Gasteiger partial charge in [0.1, 0.15) is 17.4 Å². The quantitative estimate of drug-likeness (QED) is 0.671. The third-order valence-electron chi connectivity index (χ3n) is 3.40. The SMILES string of the molecule is Cc1cccc(NC(=O)/C(C#N)=C\c2cccc(O)c2)c1C. The minimum atomic E-state index is -0.473. The molecule has 2 aromatic rings. The lowest BCUT2D eigenvalue weighted by atomic mass is 10.1. The second kappa shape index (κ2) is 6.59. The molecule has 0 radical (unpaired) electrons. The Morgan fingerprint density at radius 1 is 1.23 bits per heavy atom. The van der Waals surface area contributed by atoms with Crippen molar-refractivity contribution in [3.05, 3.63) is 64.7 Å². The number of anilines is 1. The van der Waals surface area contributed by atoms with Gasteiger partial charge in [0, 0.05) is 5.69 Å². The van der Waals surface area contributed by atoms with Crippen LogP contribution in [0.3, 0.4) is 0 Å². The Balaban J connectivity index is 2.26. The first-order valence-electron chi connectivity index (χ1n) is 6.79. The fraction of sp³-hybridized carbons (Fsp3) is 0.111. The molecule has 2 rings (SSSR count). The van der Waals surface area contributed by atoms with Gasteiger partial charge in [-0.05, 0) is 54.8 Å². The van der Waals surface area contributed by atoms with Gasteiger partial charge in [0.2, 0.25) is 0 Å². The van der Waals surface area contributed by atoms with Crippen LogP contribution < -0.4 is 5.32 Å². The number of phenolic OH excluding ortho intramolecular Hbond substituents is 1. The summed E-state index contributed by atoms with van der Waals surface area (Å²) in [4.78, 5) is 12.2. The highest BCUT2D eigenvalue weighted by Crippen LogP contribution is 2.19. The van der Waals surface area contributed by atoms with Gasteiger partial charge in [0.25, 0.3) is 5.91 Å². The zero-order valence-electron chi connectivity index (χ0n) is 12.4. The molecule has 110 valence electrons. The first kappa shape index (κ1) is 15.3. The van der Waals surface area contributed by atoms with Crippen molar-refractivity contribution in [3.63, 3.8) is 0 Å². The fourth-order valence-corrected chi connectivity index (χ4v) is 2.01. The van der Waals surface area contributed by atoms with Crippen LogP contribution in [0.1, 0.15) is 16.7 Å². The summed E-state index contributed by atoms with van der Waals surface area (Å²) in [6, 6.07) is 13.9. The highest BCUT2D eigenvalue weighted by atomic mass is 16.3. The number of aromatic hydroxyl groups is 1. The van der Waals surface area contributed by atoms with Crippen molar-refractivity contribution in [1.29, 1.82) is 5.26 Å². The Kier molecular flexibility index (Phi) is 4.60. The number of carbonyl (C=O) groups is 1. The van der Waals surface area contributed by atoms with E-state index in [1.165, 1.54) is 18.2 Å². The van der Waals surface area contributed by atoms with E-state index in [0.717, 1.165) is 11.1 Å². The van der Waals surface area contributed by atoms with E-state index in [2.05, 4.69) is 5.32 Å². The summed E-state index contributed by atoms with van der Waals surface area (Å²) in [5.74, 6) is -0.388. The first-order valence-corrected chi connectivity index (χ1v) is 6.79. The Bertz CT molecular complexity index is 786. The number of phenols is 1. The molecule has 0 bridgehead atoms. The van der Waals surface area contributed by atoms with Crippen molar-refractivity contribution in [1.82, 2.24) is 0 Å². The Hall–Kier alpha value is -3.06. The van der Waals surface area contributed by atoms with Crippen LogP contribution in [0.2, 0.25) is 0 Å². The van der Waals surface area contributed by atoms with Gasteiger partial charge in [-0.15, -0.1) is 0 Å². The number of benzene rings is 2. The second-order valence-electron chi connectivity index (χ2n) is 4.97. The van der Waals surface area contributed by atoms with Gasteiger partial charge in [0.05, 0.1) is 0 Å². The molecule has 2 N–H and O–H groups in total. The van der Waals surface area contributed by atoms with Crippen LogP contribution in [0, 0.1) is 25.2 Å². The molecule has 0 fully saturated rings. The van der Waals surface area contributed by atoms with Gasteiger partial charge in [-0.2, -0.15) is 5.26 Å². The highest BCUT2D eigenvalue weighted by molar-refractivity contribution is 6.10. The molecule has 22 heavy (non-hydrogen) atoms. The summed E-state index contributed by atoms with van der Waals surface area (Å²) in [5, 5.41) is 21.4. The molecule has 0 spiro atoms. The normalized spacial score (nSPS) is 10.9. The minimum absolute atomic E-state index is 0.0218. The number of amides is 1. The molecule has 0 aliphatic carbocycles. The lowest BCUT2D eigenvalue weighted by molar-refractivity contribution is -0.112. The van der Waals surface area contributed by atoms with E-state index in [-0.39, 0.29) is 11.3 Å². The van der Waals surface area contributed by atoms with Gasteiger partial charge in [0.15, 0.2) is 0 Å². The summed E-state index contributed by atoms with van der Waals surface area (Å²) < 4.78 is 0. The van der Waals surface area contributed by atoms with E-state index in [1.54, 1.807) is 18.2 Å². The van der Waals surface area contributed by atoms with Crippen LogP contribution in [-0.2, 0) is 4.79 Å². The average Bonchev–Trinajstić information content (AvgIpc) is 2.49. The third kappa shape index (κ3) is 3.53.